The van der Waals surface area contributed by atoms with E-state index >= 15 is 0 Å². The molecule has 0 fully saturated rings. The van der Waals surface area contributed by atoms with Gasteiger partial charge in [0.25, 0.3) is 5.69 Å². The number of anilines is 1. The summed E-state index contributed by atoms with van der Waals surface area (Å²) in [7, 11) is 4.53. The van der Waals surface area contributed by atoms with Crippen LogP contribution in [0.2, 0.25) is 0 Å². The molecule has 0 aliphatic heterocycles. The van der Waals surface area contributed by atoms with Crippen molar-refractivity contribution >= 4 is 23.3 Å². The third-order valence-corrected chi connectivity index (χ3v) is 3.50. The fraction of sp³-hybridized carbons (Fsp3) is 0.188. The number of ether oxygens (including phenoxy) is 2. The normalized spacial score (nSPS) is 10.6. The number of rotatable bonds is 7. The minimum atomic E-state index is -0.691. The van der Waals surface area contributed by atoms with Crippen molar-refractivity contribution < 1.29 is 19.3 Å². The van der Waals surface area contributed by atoms with E-state index < -0.39 is 15.5 Å². The zero-order chi connectivity index (χ0) is 19.3. The van der Waals surface area contributed by atoms with E-state index in [-0.39, 0.29) is 11.4 Å². The standard InChI is InChI=1S/C16H16N4O6/c1-18(13-6-5-12(19(21)22)9-14(13)20(23)24)17-10-11-4-7-15(25-2)16(8-11)26-3/h4-10H,1-3H3/b17-10+. The largest absolute Gasteiger partial charge is 0.493 e. The lowest BCUT2D eigenvalue weighted by atomic mass is 10.2. The van der Waals surface area contributed by atoms with Crippen molar-refractivity contribution in [2.45, 2.75) is 0 Å². The molecule has 0 bridgehead atoms. The molecule has 0 heterocycles. The first kappa shape index (κ1) is 18.6. The Morgan fingerprint density at radius 3 is 2.27 bits per heavy atom. The highest BCUT2D eigenvalue weighted by Crippen LogP contribution is 2.31. The predicted octanol–water partition coefficient (Wildman–Crippen LogP) is 2.99. The van der Waals surface area contributed by atoms with Gasteiger partial charge < -0.3 is 9.47 Å². The molecule has 0 saturated carbocycles. The van der Waals surface area contributed by atoms with Crippen molar-refractivity contribution in [2.24, 2.45) is 5.10 Å². The zero-order valence-corrected chi connectivity index (χ0v) is 14.3. The Hall–Kier alpha value is -3.69. The summed E-state index contributed by atoms with van der Waals surface area (Å²) in [5.74, 6) is 1.07. The van der Waals surface area contributed by atoms with E-state index in [1.54, 1.807) is 18.2 Å². The van der Waals surface area contributed by atoms with Crippen LogP contribution in [0, 0.1) is 20.2 Å². The summed E-state index contributed by atoms with van der Waals surface area (Å²) >= 11 is 0. The Morgan fingerprint density at radius 2 is 1.69 bits per heavy atom. The summed E-state index contributed by atoms with van der Waals surface area (Å²) in [6.07, 6.45) is 1.48. The van der Waals surface area contributed by atoms with Gasteiger partial charge in [-0.3, -0.25) is 25.2 Å². The highest BCUT2D eigenvalue weighted by Gasteiger charge is 2.21. The van der Waals surface area contributed by atoms with Crippen LogP contribution in [0.25, 0.3) is 0 Å². The average molecular weight is 360 g/mol. The predicted molar refractivity (Wildman–Crippen MR) is 95.3 cm³/mol. The fourth-order valence-electron chi connectivity index (χ4n) is 2.19. The molecule has 0 atom stereocenters. The Morgan fingerprint density at radius 1 is 1.00 bits per heavy atom. The van der Waals surface area contributed by atoms with Gasteiger partial charge in [0.15, 0.2) is 11.5 Å². The molecular formula is C16H16N4O6. The maximum atomic E-state index is 11.2. The Balaban J connectivity index is 2.32. The Labute approximate surface area is 148 Å². The minimum Gasteiger partial charge on any atom is -0.493 e. The molecule has 2 aromatic rings. The van der Waals surface area contributed by atoms with Crippen molar-refractivity contribution in [2.75, 3.05) is 26.3 Å². The molecule has 0 aromatic heterocycles. The number of hydrogen-bond acceptors (Lipinski definition) is 8. The summed E-state index contributed by atoms with van der Waals surface area (Å²) in [6.45, 7) is 0. The maximum absolute atomic E-state index is 11.2. The van der Waals surface area contributed by atoms with E-state index in [4.69, 9.17) is 9.47 Å². The second-order valence-corrected chi connectivity index (χ2v) is 5.07. The average Bonchev–Trinajstić information content (AvgIpc) is 2.65. The summed E-state index contributed by atoms with van der Waals surface area (Å²) in [5, 5.41) is 27.4. The third kappa shape index (κ3) is 4.04. The molecule has 0 N–H and O–H groups in total. The van der Waals surface area contributed by atoms with Gasteiger partial charge in [-0.2, -0.15) is 5.10 Å². The molecule has 26 heavy (non-hydrogen) atoms. The van der Waals surface area contributed by atoms with E-state index in [0.717, 1.165) is 6.07 Å². The number of nitrogens with zero attached hydrogens (tertiary/aromatic N) is 4. The second-order valence-electron chi connectivity index (χ2n) is 5.07. The topological polar surface area (TPSA) is 120 Å². The van der Waals surface area contributed by atoms with Crippen LogP contribution in [0.3, 0.4) is 0 Å². The molecule has 136 valence electrons. The molecule has 0 spiro atoms. The number of nitro groups is 2. The van der Waals surface area contributed by atoms with Crippen LogP contribution in [0.15, 0.2) is 41.5 Å². The summed E-state index contributed by atoms with van der Waals surface area (Å²) in [4.78, 5) is 20.6. The molecule has 0 aliphatic rings. The summed E-state index contributed by atoms with van der Waals surface area (Å²) < 4.78 is 10.3. The molecule has 10 heteroatoms. The zero-order valence-electron chi connectivity index (χ0n) is 14.3. The minimum absolute atomic E-state index is 0.123. The lowest BCUT2D eigenvalue weighted by Crippen LogP contribution is -2.11. The quantitative estimate of drug-likeness (QED) is 0.423. The van der Waals surface area contributed by atoms with Gasteiger partial charge in [0, 0.05) is 13.1 Å². The smallest absolute Gasteiger partial charge is 0.301 e. The molecule has 10 nitrogen and oxygen atoms in total. The first-order valence-corrected chi connectivity index (χ1v) is 7.30. The number of hydrogen-bond donors (Lipinski definition) is 0. The van der Waals surface area contributed by atoms with Crippen LogP contribution in [0.4, 0.5) is 17.1 Å². The first-order chi connectivity index (χ1) is 12.4. The number of non-ortho nitro benzene ring substituents is 1. The molecular weight excluding hydrogens is 344 g/mol. The first-order valence-electron chi connectivity index (χ1n) is 7.30. The maximum Gasteiger partial charge on any atom is 0.301 e. The second kappa shape index (κ2) is 7.92. The van der Waals surface area contributed by atoms with Crippen molar-refractivity contribution in [1.82, 2.24) is 0 Å². The van der Waals surface area contributed by atoms with E-state index in [1.807, 2.05) is 0 Å². The highest BCUT2D eigenvalue weighted by atomic mass is 16.6. The third-order valence-electron chi connectivity index (χ3n) is 3.50. The molecule has 2 rings (SSSR count). The number of methoxy groups -OCH3 is 2. The van der Waals surface area contributed by atoms with Gasteiger partial charge in [-0.05, 0) is 29.8 Å². The molecule has 0 amide bonds. The van der Waals surface area contributed by atoms with Gasteiger partial charge in [0.05, 0.1) is 36.3 Å². The highest BCUT2D eigenvalue weighted by molar-refractivity contribution is 5.82. The number of benzene rings is 2. The van der Waals surface area contributed by atoms with Gasteiger partial charge in [-0.25, -0.2) is 0 Å². The van der Waals surface area contributed by atoms with E-state index in [9.17, 15) is 20.2 Å². The van der Waals surface area contributed by atoms with E-state index in [0.29, 0.717) is 17.1 Å². The SMILES string of the molecule is COc1ccc(/C=N/N(C)c2ccc([N+](=O)[O-])cc2[N+](=O)[O-])cc1OC. The van der Waals surface area contributed by atoms with Gasteiger partial charge in [-0.15, -0.1) is 0 Å². The molecule has 0 radical (unpaired) electrons. The van der Waals surface area contributed by atoms with Gasteiger partial charge in [0.1, 0.15) is 5.69 Å². The number of nitro benzene ring substituents is 2. The van der Waals surface area contributed by atoms with E-state index in [1.165, 1.54) is 44.6 Å². The molecule has 0 aliphatic carbocycles. The van der Waals surface area contributed by atoms with Crippen LogP contribution in [-0.4, -0.2) is 37.3 Å². The lowest BCUT2D eigenvalue weighted by molar-refractivity contribution is -0.393. The molecule has 2 aromatic carbocycles. The van der Waals surface area contributed by atoms with Crippen LogP contribution in [-0.2, 0) is 0 Å². The van der Waals surface area contributed by atoms with Crippen molar-refractivity contribution in [3.05, 3.63) is 62.2 Å². The van der Waals surface area contributed by atoms with Crippen LogP contribution in [0.1, 0.15) is 5.56 Å². The van der Waals surface area contributed by atoms with Gasteiger partial charge in [-0.1, -0.05) is 0 Å². The Bertz CT molecular complexity index is 868. The number of hydrazone groups is 1. The van der Waals surface area contributed by atoms with E-state index in [2.05, 4.69) is 5.10 Å². The van der Waals surface area contributed by atoms with Gasteiger partial charge in [0.2, 0.25) is 0 Å². The summed E-state index contributed by atoms with van der Waals surface area (Å²) in [6, 6.07) is 8.50. The monoisotopic (exact) mass is 360 g/mol. The summed E-state index contributed by atoms with van der Waals surface area (Å²) in [5.41, 5.74) is 0.0280. The van der Waals surface area contributed by atoms with Crippen LogP contribution >= 0.6 is 0 Å². The van der Waals surface area contributed by atoms with Crippen LogP contribution in [0.5, 0.6) is 11.5 Å². The molecule has 0 unspecified atom stereocenters. The van der Waals surface area contributed by atoms with Crippen LogP contribution < -0.4 is 14.5 Å². The van der Waals surface area contributed by atoms with Crippen molar-refractivity contribution in [3.8, 4) is 11.5 Å². The van der Waals surface area contributed by atoms with Gasteiger partial charge >= 0.3 is 5.69 Å². The lowest BCUT2D eigenvalue weighted by Gasteiger charge is -2.13. The van der Waals surface area contributed by atoms with Crippen molar-refractivity contribution in [3.63, 3.8) is 0 Å². The van der Waals surface area contributed by atoms with Crippen molar-refractivity contribution in [1.29, 1.82) is 0 Å². The molecule has 0 saturated heterocycles. The fourth-order valence-corrected chi connectivity index (χ4v) is 2.19. The Kier molecular flexibility index (Phi) is 5.68.